The van der Waals surface area contributed by atoms with Gasteiger partial charge in [-0.05, 0) is 139 Å². The molecule has 0 saturated heterocycles. The molecule has 0 amide bonds. The summed E-state index contributed by atoms with van der Waals surface area (Å²) < 4.78 is 0. The number of aliphatic hydroxyl groups is 1. The Labute approximate surface area is 291 Å². The summed E-state index contributed by atoms with van der Waals surface area (Å²) in [5.41, 5.74) is 8.24. The van der Waals surface area contributed by atoms with E-state index in [1.807, 2.05) is 6.08 Å². The van der Waals surface area contributed by atoms with Crippen LogP contribution in [0.3, 0.4) is 0 Å². The number of aliphatic hydroxyl groups excluding tert-OH is 1. The summed E-state index contributed by atoms with van der Waals surface area (Å²) >= 11 is 0. The highest BCUT2D eigenvalue weighted by Crippen LogP contribution is 2.42. The monoisotopic (exact) mass is 645 g/mol. The number of carbonyl (C=O) groups excluding carboxylic acids is 1. The van der Waals surface area contributed by atoms with Crippen molar-refractivity contribution in [1.82, 2.24) is 0 Å². The molecule has 0 heterocycles. The standard InChI is InChI=1S/C45H72O2/c1-11-21-32(16-6)37-26-27-40(34(18-8)23-13-3)39(28-37)31-43(46)45(47)42-30-38(33(17-7)22-12-2)29-41(35(19-9)24-14-4)44(42)36(20-10)25-15-5/h26-36,46H,11-25H2,1-10H3. The average Bonchev–Trinajstić information content (AvgIpc) is 3.09. The van der Waals surface area contributed by atoms with Crippen molar-refractivity contribution in [2.45, 2.75) is 195 Å². The number of allylic oxidation sites excluding steroid dienone is 1. The van der Waals surface area contributed by atoms with Gasteiger partial charge in [0.1, 0.15) is 0 Å². The predicted molar refractivity (Wildman–Crippen MR) is 208 cm³/mol. The van der Waals surface area contributed by atoms with Crippen LogP contribution in [0.25, 0.3) is 6.08 Å². The smallest absolute Gasteiger partial charge is 0.227 e. The van der Waals surface area contributed by atoms with Crippen molar-refractivity contribution >= 4 is 11.9 Å². The molecule has 2 aromatic carbocycles. The van der Waals surface area contributed by atoms with Crippen LogP contribution in [-0.2, 0) is 0 Å². The molecule has 0 aliphatic rings. The Morgan fingerprint density at radius 3 is 1.49 bits per heavy atom. The molecule has 0 bridgehead atoms. The van der Waals surface area contributed by atoms with Crippen LogP contribution in [0.2, 0.25) is 0 Å². The lowest BCUT2D eigenvalue weighted by Gasteiger charge is -2.29. The van der Waals surface area contributed by atoms with E-state index in [1.165, 1.54) is 27.8 Å². The minimum absolute atomic E-state index is 0.110. The highest BCUT2D eigenvalue weighted by atomic mass is 16.3. The molecule has 0 aliphatic heterocycles. The first-order chi connectivity index (χ1) is 22.7. The molecule has 0 saturated carbocycles. The van der Waals surface area contributed by atoms with E-state index < -0.39 is 0 Å². The van der Waals surface area contributed by atoms with E-state index in [1.54, 1.807) is 0 Å². The molecule has 2 nitrogen and oxygen atoms in total. The van der Waals surface area contributed by atoms with E-state index in [4.69, 9.17) is 0 Å². The molecule has 0 fully saturated rings. The maximum absolute atomic E-state index is 14.8. The Bertz CT molecular complexity index is 1240. The first-order valence-electron chi connectivity index (χ1n) is 20.0. The van der Waals surface area contributed by atoms with Crippen LogP contribution in [0.4, 0.5) is 0 Å². The van der Waals surface area contributed by atoms with Crippen LogP contribution in [0, 0.1) is 0 Å². The SMILES string of the molecule is CCCC(CC)c1ccc(C(CC)CCC)c(C=C(O)C(=O)c2cc(C(CC)CCC)cc(C(CC)CCC)c2C(CC)CCC)c1. The summed E-state index contributed by atoms with van der Waals surface area (Å²) in [6, 6.07) is 11.6. The molecule has 5 unspecified atom stereocenters. The third kappa shape index (κ3) is 10.8. The topological polar surface area (TPSA) is 37.3 Å². The fourth-order valence-corrected chi connectivity index (χ4v) is 8.28. The van der Waals surface area contributed by atoms with Crippen molar-refractivity contribution in [3.05, 3.63) is 75.0 Å². The zero-order valence-corrected chi connectivity index (χ0v) is 32.3. The number of Topliss-reactive ketones (excluding diaryl/α,β-unsaturated/α-hetero) is 1. The average molecular weight is 645 g/mol. The lowest BCUT2D eigenvalue weighted by atomic mass is 9.75. The summed E-state index contributed by atoms with van der Waals surface area (Å²) in [5, 5.41) is 11.9. The van der Waals surface area contributed by atoms with E-state index in [0.29, 0.717) is 29.6 Å². The molecule has 264 valence electrons. The van der Waals surface area contributed by atoms with Gasteiger partial charge in [0.05, 0.1) is 0 Å². The lowest BCUT2D eigenvalue weighted by Crippen LogP contribution is -2.17. The summed E-state index contributed by atoms with van der Waals surface area (Å²) in [4.78, 5) is 14.8. The largest absolute Gasteiger partial charge is 0.504 e. The number of hydrogen-bond donors (Lipinski definition) is 1. The van der Waals surface area contributed by atoms with Gasteiger partial charge in [-0.3, -0.25) is 4.79 Å². The maximum atomic E-state index is 14.8. The number of rotatable bonds is 23. The van der Waals surface area contributed by atoms with Crippen LogP contribution in [0.15, 0.2) is 36.1 Å². The third-order valence-electron chi connectivity index (χ3n) is 11.0. The second-order valence-corrected chi connectivity index (χ2v) is 14.3. The molecule has 47 heavy (non-hydrogen) atoms. The first-order valence-corrected chi connectivity index (χ1v) is 20.0. The van der Waals surface area contributed by atoms with Crippen molar-refractivity contribution in [3.8, 4) is 0 Å². The fourth-order valence-electron chi connectivity index (χ4n) is 8.28. The molecule has 0 aliphatic carbocycles. The molecule has 0 radical (unpaired) electrons. The summed E-state index contributed by atoms with van der Waals surface area (Å²) in [7, 11) is 0. The Balaban J connectivity index is 2.94. The minimum Gasteiger partial charge on any atom is -0.504 e. The molecule has 2 aromatic rings. The van der Waals surface area contributed by atoms with Gasteiger partial charge in [0.15, 0.2) is 5.76 Å². The highest BCUT2D eigenvalue weighted by Gasteiger charge is 2.29. The van der Waals surface area contributed by atoms with Gasteiger partial charge >= 0.3 is 0 Å². The maximum Gasteiger partial charge on any atom is 0.227 e. The predicted octanol–water partition coefficient (Wildman–Crippen LogP) is 14.9. The van der Waals surface area contributed by atoms with Crippen LogP contribution >= 0.6 is 0 Å². The van der Waals surface area contributed by atoms with Crippen molar-refractivity contribution in [2.24, 2.45) is 0 Å². The van der Waals surface area contributed by atoms with Gasteiger partial charge in [0, 0.05) is 5.56 Å². The van der Waals surface area contributed by atoms with Gasteiger partial charge < -0.3 is 5.11 Å². The van der Waals surface area contributed by atoms with E-state index in [2.05, 4.69) is 99.6 Å². The number of benzene rings is 2. The van der Waals surface area contributed by atoms with E-state index >= 15 is 0 Å². The van der Waals surface area contributed by atoms with Gasteiger partial charge in [-0.25, -0.2) is 0 Å². The van der Waals surface area contributed by atoms with E-state index in [-0.39, 0.29) is 11.5 Å². The number of hydrogen-bond acceptors (Lipinski definition) is 2. The molecule has 0 aromatic heterocycles. The second-order valence-electron chi connectivity index (χ2n) is 14.3. The van der Waals surface area contributed by atoms with Crippen LogP contribution in [0.5, 0.6) is 0 Å². The van der Waals surface area contributed by atoms with E-state index in [0.717, 1.165) is 107 Å². The van der Waals surface area contributed by atoms with Gasteiger partial charge in [0.2, 0.25) is 5.78 Å². The first kappa shape index (κ1) is 40.8. The van der Waals surface area contributed by atoms with Crippen molar-refractivity contribution < 1.29 is 9.90 Å². The molecular weight excluding hydrogens is 572 g/mol. The lowest BCUT2D eigenvalue weighted by molar-refractivity contribution is 0.0978. The Morgan fingerprint density at radius 1 is 0.553 bits per heavy atom. The van der Waals surface area contributed by atoms with Crippen LogP contribution in [-0.4, -0.2) is 10.9 Å². The van der Waals surface area contributed by atoms with Gasteiger partial charge in [-0.1, -0.05) is 126 Å². The van der Waals surface area contributed by atoms with Crippen molar-refractivity contribution in [2.75, 3.05) is 0 Å². The molecule has 0 spiro atoms. The van der Waals surface area contributed by atoms with Gasteiger partial charge in [-0.2, -0.15) is 0 Å². The second kappa shape index (κ2) is 21.6. The Hall–Kier alpha value is -2.35. The quantitative estimate of drug-likeness (QED) is 0.0742. The van der Waals surface area contributed by atoms with E-state index in [9.17, 15) is 9.90 Å². The fraction of sp³-hybridized carbons (Fsp3) is 0.667. The highest BCUT2D eigenvalue weighted by molar-refractivity contribution is 6.11. The Morgan fingerprint density at radius 2 is 1.00 bits per heavy atom. The summed E-state index contributed by atoms with van der Waals surface area (Å²) in [5.74, 6) is 1.74. The van der Waals surface area contributed by atoms with Crippen molar-refractivity contribution in [1.29, 1.82) is 0 Å². The number of ketones is 1. The molecular formula is C45H72O2. The van der Waals surface area contributed by atoms with Gasteiger partial charge in [0.25, 0.3) is 0 Å². The molecule has 1 N–H and O–H groups in total. The summed E-state index contributed by atoms with van der Waals surface area (Å²) in [6.45, 7) is 22.7. The Kier molecular flexibility index (Phi) is 18.7. The van der Waals surface area contributed by atoms with Crippen molar-refractivity contribution in [3.63, 3.8) is 0 Å². The van der Waals surface area contributed by atoms with Gasteiger partial charge in [-0.15, -0.1) is 0 Å². The minimum atomic E-state index is -0.198. The summed E-state index contributed by atoms with van der Waals surface area (Å²) in [6.07, 6.45) is 18.2. The molecule has 2 rings (SSSR count). The molecule has 5 atom stereocenters. The zero-order chi connectivity index (χ0) is 34.9. The third-order valence-corrected chi connectivity index (χ3v) is 11.0. The zero-order valence-electron chi connectivity index (χ0n) is 32.3. The normalized spacial score (nSPS) is 15.3. The number of carbonyl (C=O) groups is 1. The molecule has 2 heteroatoms. The van der Waals surface area contributed by atoms with Crippen LogP contribution < -0.4 is 0 Å². The van der Waals surface area contributed by atoms with Crippen LogP contribution in [0.1, 0.15) is 239 Å².